The van der Waals surface area contributed by atoms with E-state index in [9.17, 15) is 0 Å². The van der Waals surface area contributed by atoms with Crippen molar-refractivity contribution in [2.24, 2.45) is 0 Å². The van der Waals surface area contributed by atoms with Gasteiger partial charge in [0.2, 0.25) is 5.95 Å². The summed E-state index contributed by atoms with van der Waals surface area (Å²) < 4.78 is 10.6. The molecule has 3 heterocycles. The van der Waals surface area contributed by atoms with Crippen LogP contribution in [0.4, 0.5) is 11.8 Å². The minimum Gasteiger partial charge on any atom is -0.395 e. The molecule has 8 heteroatoms. The van der Waals surface area contributed by atoms with E-state index in [-0.39, 0.29) is 12.5 Å². The topological polar surface area (TPSA) is 96.5 Å². The number of ether oxygens (including phenoxy) is 1. The lowest BCUT2D eigenvalue weighted by molar-refractivity contribution is 0.193. The van der Waals surface area contributed by atoms with Gasteiger partial charge in [0.05, 0.1) is 25.5 Å². The average molecular weight is 333 g/mol. The first-order chi connectivity index (χ1) is 11.7. The monoisotopic (exact) mass is 333 g/mol. The minimum absolute atomic E-state index is 0.0313. The Labute approximate surface area is 140 Å². The van der Waals surface area contributed by atoms with E-state index in [2.05, 4.69) is 20.4 Å². The summed E-state index contributed by atoms with van der Waals surface area (Å²) >= 11 is 0. The number of hydrogen-bond donors (Lipinski definition) is 2. The van der Waals surface area contributed by atoms with Crippen LogP contribution in [0.2, 0.25) is 0 Å². The van der Waals surface area contributed by atoms with Crippen LogP contribution in [-0.2, 0) is 11.3 Å². The zero-order valence-corrected chi connectivity index (χ0v) is 14.0. The maximum Gasteiger partial charge on any atom is 0.224 e. The molecule has 0 bridgehead atoms. The Morgan fingerprint density at radius 2 is 2.25 bits per heavy atom. The van der Waals surface area contributed by atoms with Crippen molar-refractivity contribution in [3.8, 4) is 0 Å². The molecule has 2 aromatic heterocycles. The quantitative estimate of drug-likeness (QED) is 0.783. The van der Waals surface area contributed by atoms with Crippen molar-refractivity contribution in [3.05, 3.63) is 29.3 Å². The largest absolute Gasteiger partial charge is 0.395 e. The van der Waals surface area contributed by atoms with Crippen LogP contribution in [-0.4, -0.2) is 53.6 Å². The Hall–Kier alpha value is -2.19. The maximum absolute atomic E-state index is 9.02. The van der Waals surface area contributed by atoms with Crippen molar-refractivity contribution < 1.29 is 14.4 Å². The van der Waals surface area contributed by atoms with Gasteiger partial charge in [-0.3, -0.25) is 0 Å². The lowest BCUT2D eigenvalue weighted by Crippen LogP contribution is -2.20. The number of nitrogens with one attached hydrogen (secondary N) is 1. The molecule has 1 saturated heterocycles. The molecular formula is C16H23N5O3. The van der Waals surface area contributed by atoms with E-state index in [0.717, 1.165) is 36.0 Å². The zero-order chi connectivity index (χ0) is 16.9. The van der Waals surface area contributed by atoms with Crippen molar-refractivity contribution in [2.45, 2.75) is 25.8 Å². The van der Waals surface area contributed by atoms with Crippen LogP contribution < -0.4 is 10.2 Å². The lowest BCUT2D eigenvalue weighted by Gasteiger charge is -2.19. The Morgan fingerprint density at radius 3 is 2.92 bits per heavy atom. The molecule has 0 radical (unpaired) electrons. The summed E-state index contributed by atoms with van der Waals surface area (Å²) in [7, 11) is 1.96. The van der Waals surface area contributed by atoms with Gasteiger partial charge >= 0.3 is 0 Å². The van der Waals surface area contributed by atoms with E-state index in [1.807, 2.05) is 31.0 Å². The number of hydrogen-bond acceptors (Lipinski definition) is 8. The molecule has 0 aromatic carbocycles. The van der Waals surface area contributed by atoms with Gasteiger partial charge in [-0.05, 0) is 13.3 Å². The third-order valence-corrected chi connectivity index (χ3v) is 3.94. The van der Waals surface area contributed by atoms with E-state index < -0.39 is 0 Å². The number of rotatable bonds is 7. The summed E-state index contributed by atoms with van der Waals surface area (Å²) in [6.07, 6.45) is 0.960. The molecule has 0 spiro atoms. The molecule has 130 valence electrons. The van der Waals surface area contributed by atoms with E-state index in [1.54, 1.807) is 0 Å². The van der Waals surface area contributed by atoms with Crippen LogP contribution in [0.15, 0.2) is 16.7 Å². The maximum atomic E-state index is 9.02. The van der Waals surface area contributed by atoms with Gasteiger partial charge in [-0.1, -0.05) is 5.16 Å². The molecular weight excluding hydrogens is 310 g/mol. The first-order valence-electron chi connectivity index (χ1n) is 8.10. The average Bonchev–Trinajstić information content (AvgIpc) is 3.24. The molecule has 0 saturated carbocycles. The Balaban J connectivity index is 1.82. The number of aryl methyl sites for hydroxylation is 1. The lowest BCUT2D eigenvalue weighted by atomic mass is 10.0. The molecule has 8 nitrogen and oxygen atoms in total. The third kappa shape index (κ3) is 4.01. The fourth-order valence-electron chi connectivity index (χ4n) is 2.69. The van der Waals surface area contributed by atoms with Gasteiger partial charge < -0.3 is 24.6 Å². The van der Waals surface area contributed by atoms with Crippen LogP contribution in [0.25, 0.3) is 0 Å². The van der Waals surface area contributed by atoms with Gasteiger partial charge in [0.25, 0.3) is 0 Å². The van der Waals surface area contributed by atoms with E-state index in [4.69, 9.17) is 14.4 Å². The molecule has 1 atom stereocenters. The molecule has 2 aromatic rings. The van der Waals surface area contributed by atoms with Gasteiger partial charge in [-0.15, -0.1) is 0 Å². The molecule has 24 heavy (non-hydrogen) atoms. The second-order valence-corrected chi connectivity index (χ2v) is 5.97. The summed E-state index contributed by atoms with van der Waals surface area (Å²) in [6.45, 7) is 4.35. The Bertz CT molecular complexity index is 669. The standard InChI is InChI=1S/C16H23N5O3/c1-11-7-13(20-24-11)9-21(2)15-8-14(12-3-6-23-10-12)18-16(19-15)17-4-5-22/h7-8,12,22H,3-6,9-10H2,1-2H3,(H,17,18,19). The number of aliphatic hydroxyl groups excluding tert-OH is 1. The molecule has 1 aliphatic heterocycles. The van der Waals surface area contributed by atoms with Gasteiger partial charge in [-0.25, -0.2) is 4.98 Å². The second-order valence-electron chi connectivity index (χ2n) is 5.97. The molecule has 0 aliphatic carbocycles. The summed E-state index contributed by atoms with van der Waals surface area (Å²) in [5, 5.41) is 16.1. The van der Waals surface area contributed by atoms with Crippen LogP contribution >= 0.6 is 0 Å². The van der Waals surface area contributed by atoms with Crippen LogP contribution in [0.1, 0.15) is 29.5 Å². The van der Waals surface area contributed by atoms with E-state index >= 15 is 0 Å². The molecule has 0 amide bonds. The van der Waals surface area contributed by atoms with Crippen molar-refractivity contribution >= 4 is 11.8 Å². The summed E-state index contributed by atoms with van der Waals surface area (Å²) in [5.41, 5.74) is 1.81. The first kappa shape index (κ1) is 16.7. The van der Waals surface area contributed by atoms with Gasteiger partial charge in [0.1, 0.15) is 17.3 Å². The fraction of sp³-hybridized carbons (Fsp3) is 0.562. The van der Waals surface area contributed by atoms with Crippen LogP contribution in [0.5, 0.6) is 0 Å². The highest BCUT2D eigenvalue weighted by Crippen LogP contribution is 2.27. The van der Waals surface area contributed by atoms with Gasteiger partial charge in [0, 0.05) is 38.2 Å². The highest BCUT2D eigenvalue weighted by molar-refractivity contribution is 5.45. The minimum atomic E-state index is 0.0313. The van der Waals surface area contributed by atoms with Gasteiger partial charge in [0.15, 0.2) is 0 Å². The predicted molar refractivity (Wildman–Crippen MR) is 89.1 cm³/mol. The SMILES string of the molecule is Cc1cc(CN(C)c2cc(C3CCOC3)nc(NCCO)n2)no1. The third-order valence-electron chi connectivity index (χ3n) is 3.94. The molecule has 1 unspecified atom stereocenters. The van der Waals surface area contributed by atoms with Crippen LogP contribution in [0.3, 0.4) is 0 Å². The normalized spacial score (nSPS) is 17.2. The summed E-state index contributed by atoms with van der Waals surface area (Å²) in [5.74, 6) is 2.39. The zero-order valence-electron chi connectivity index (χ0n) is 14.0. The number of aliphatic hydroxyl groups is 1. The van der Waals surface area contributed by atoms with Crippen molar-refractivity contribution in [1.82, 2.24) is 15.1 Å². The summed E-state index contributed by atoms with van der Waals surface area (Å²) in [4.78, 5) is 11.1. The predicted octanol–water partition coefficient (Wildman–Crippen LogP) is 1.32. The smallest absolute Gasteiger partial charge is 0.224 e. The first-order valence-corrected chi connectivity index (χ1v) is 8.10. The van der Waals surface area contributed by atoms with Gasteiger partial charge in [-0.2, -0.15) is 4.98 Å². The van der Waals surface area contributed by atoms with E-state index in [1.165, 1.54) is 0 Å². The fourth-order valence-corrected chi connectivity index (χ4v) is 2.69. The van der Waals surface area contributed by atoms with Crippen molar-refractivity contribution in [2.75, 3.05) is 43.6 Å². The molecule has 1 aliphatic rings. The molecule has 2 N–H and O–H groups in total. The molecule has 3 rings (SSSR count). The number of nitrogens with zero attached hydrogens (tertiary/aromatic N) is 4. The van der Waals surface area contributed by atoms with Crippen molar-refractivity contribution in [1.29, 1.82) is 0 Å². The highest BCUT2D eigenvalue weighted by atomic mass is 16.5. The highest BCUT2D eigenvalue weighted by Gasteiger charge is 2.21. The Kier molecular flexibility index (Phi) is 5.27. The summed E-state index contributed by atoms with van der Waals surface area (Å²) in [6, 6.07) is 3.91. The van der Waals surface area contributed by atoms with Crippen LogP contribution in [0, 0.1) is 6.92 Å². The second kappa shape index (κ2) is 7.59. The number of anilines is 2. The Morgan fingerprint density at radius 1 is 1.38 bits per heavy atom. The van der Waals surface area contributed by atoms with E-state index in [0.29, 0.717) is 25.6 Å². The number of aromatic nitrogens is 3. The molecule has 1 fully saturated rings. The van der Waals surface area contributed by atoms with Crippen molar-refractivity contribution in [3.63, 3.8) is 0 Å².